The molecule has 2 heterocycles. The van der Waals surface area contributed by atoms with E-state index in [9.17, 15) is 0 Å². The van der Waals surface area contributed by atoms with E-state index in [0.717, 1.165) is 29.3 Å². The number of anilines is 1. The van der Waals surface area contributed by atoms with Crippen molar-refractivity contribution < 1.29 is 4.42 Å². The first-order valence-electron chi connectivity index (χ1n) is 7.15. The molecule has 0 bridgehead atoms. The number of benzene rings is 1. The summed E-state index contributed by atoms with van der Waals surface area (Å²) in [5.74, 6) is 1.49. The molecule has 0 saturated heterocycles. The quantitative estimate of drug-likeness (QED) is 0.779. The molecule has 3 rings (SSSR count). The van der Waals surface area contributed by atoms with Gasteiger partial charge < -0.3 is 4.42 Å². The van der Waals surface area contributed by atoms with Gasteiger partial charge in [0, 0.05) is 13.1 Å². The molecule has 1 aromatic carbocycles. The Balaban J connectivity index is 1.98. The van der Waals surface area contributed by atoms with Crippen molar-refractivity contribution in [1.29, 1.82) is 0 Å². The summed E-state index contributed by atoms with van der Waals surface area (Å²) < 4.78 is 7.70. The molecule has 0 aliphatic heterocycles. The number of nitrogens with one attached hydrogen (secondary N) is 1. The molecule has 0 amide bonds. The van der Waals surface area contributed by atoms with E-state index in [0.29, 0.717) is 5.89 Å². The third kappa shape index (κ3) is 2.57. The highest BCUT2D eigenvalue weighted by Crippen LogP contribution is 2.26. The van der Waals surface area contributed by atoms with Crippen LogP contribution in [0.25, 0.3) is 11.5 Å². The minimum Gasteiger partial charge on any atom is -0.439 e. The zero-order valence-electron chi connectivity index (χ0n) is 12.6. The fourth-order valence-corrected chi connectivity index (χ4v) is 2.50. The van der Waals surface area contributed by atoms with Gasteiger partial charge in [0.25, 0.3) is 0 Å². The smallest absolute Gasteiger partial charge is 0.192 e. The standard InChI is InChI=1S/C17H19N3O/c1-4-14-8-5-6-9-15(14)19-20-11-7-10-16(20)17-12(2)18-13(3)21-17/h5-11,19H,4H2,1-3H3. The molecular formula is C17H19N3O. The average Bonchev–Trinajstić information content (AvgIpc) is 3.05. The maximum absolute atomic E-state index is 5.72. The van der Waals surface area contributed by atoms with Crippen molar-refractivity contribution in [2.75, 3.05) is 5.43 Å². The van der Waals surface area contributed by atoms with Crippen molar-refractivity contribution in [3.63, 3.8) is 0 Å². The summed E-state index contributed by atoms with van der Waals surface area (Å²) >= 11 is 0. The Bertz CT molecular complexity index is 755. The Morgan fingerprint density at radius 2 is 1.95 bits per heavy atom. The second kappa shape index (κ2) is 5.48. The molecule has 0 saturated carbocycles. The maximum Gasteiger partial charge on any atom is 0.192 e. The van der Waals surface area contributed by atoms with Gasteiger partial charge in [-0.15, -0.1) is 0 Å². The first-order valence-corrected chi connectivity index (χ1v) is 7.15. The highest BCUT2D eigenvalue weighted by molar-refractivity contribution is 5.59. The van der Waals surface area contributed by atoms with Gasteiger partial charge in [0.2, 0.25) is 0 Å². The van der Waals surface area contributed by atoms with Gasteiger partial charge in [-0.3, -0.25) is 10.1 Å². The highest BCUT2D eigenvalue weighted by Gasteiger charge is 2.13. The Morgan fingerprint density at radius 1 is 1.14 bits per heavy atom. The van der Waals surface area contributed by atoms with Gasteiger partial charge in [0.05, 0.1) is 11.4 Å². The van der Waals surface area contributed by atoms with E-state index in [-0.39, 0.29) is 0 Å². The third-order valence-corrected chi connectivity index (χ3v) is 3.52. The van der Waals surface area contributed by atoms with E-state index in [1.54, 1.807) is 0 Å². The van der Waals surface area contributed by atoms with Crippen LogP contribution in [-0.2, 0) is 6.42 Å². The first-order chi connectivity index (χ1) is 10.2. The highest BCUT2D eigenvalue weighted by atomic mass is 16.4. The van der Waals surface area contributed by atoms with Gasteiger partial charge in [-0.1, -0.05) is 25.1 Å². The van der Waals surface area contributed by atoms with Crippen LogP contribution in [0.4, 0.5) is 5.69 Å². The van der Waals surface area contributed by atoms with Crippen molar-refractivity contribution in [2.45, 2.75) is 27.2 Å². The molecule has 3 aromatic rings. The Labute approximate surface area is 124 Å². The van der Waals surface area contributed by atoms with E-state index in [4.69, 9.17) is 4.42 Å². The molecule has 4 nitrogen and oxygen atoms in total. The van der Waals surface area contributed by atoms with Crippen LogP contribution in [0.2, 0.25) is 0 Å². The number of hydrogen-bond acceptors (Lipinski definition) is 3. The first kappa shape index (κ1) is 13.5. The number of nitrogens with zero attached hydrogens (tertiary/aromatic N) is 2. The fourth-order valence-electron chi connectivity index (χ4n) is 2.50. The monoisotopic (exact) mass is 281 g/mol. The predicted octanol–water partition coefficient (Wildman–Crippen LogP) is 4.20. The molecule has 4 heteroatoms. The summed E-state index contributed by atoms with van der Waals surface area (Å²) in [6.45, 7) is 5.98. The molecule has 0 aliphatic carbocycles. The zero-order valence-corrected chi connectivity index (χ0v) is 12.6. The number of aromatic nitrogens is 2. The number of aryl methyl sites for hydroxylation is 3. The fraction of sp³-hybridized carbons (Fsp3) is 0.235. The number of oxazole rings is 1. The lowest BCUT2D eigenvalue weighted by molar-refractivity contribution is 0.530. The summed E-state index contributed by atoms with van der Waals surface area (Å²) in [4.78, 5) is 4.34. The van der Waals surface area contributed by atoms with Crippen molar-refractivity contribution in [3.05, 3.63) is 59.7 Å². The second-order valence-corrected chi connectivity index (χ2v) is 5.03. The van der Waals surface area contributed by atoms with Crippen LogP contribution in [0.1, 0.15) is 24.1 Å². The Kier molecular flexibility index (Phi) is 3.52. The number of rotatable bonds is 4. The summed E-state index contributed by atoms with van der Waals surface area (Å²) in [6, 6.07) is 12.3. The molecule has 0 atom stereocenters. The molecule has 0 radical (unpaired) electrons. The second-order valence-electron chi connectivity index (χ2n) is 5.03. The van der Waals surface area contributed by atoms with Gasteiger partial charge in [0.15, 0.2) is 11.7 Å². The minimum atomic E-state index is 0.684. The number of para-hydroxylation sites is 1. The molecule has 1 N–H and O–H groups in total. The SMILES string of the molecule is CCc1ccccc1Nn1cccc1-c1oc(C)nc1C. The summed E-state index contributed by atoms with van der Waals surface area (Å²) in [7, 11) is 0. The van der Waals surface area contributed by atoms with Crippen LogP contribution in [-0.4, -0.2) is 9.66 Å². The van der Waals surface area contributed by atoms with Gasteiger partial charge in [-0.2, -0.15) is 0 Å². The summed E-state index contributed by atoms with van der Waals surface area (Å²) in [6.07, 6.45) is 2.97. The van der Waals surface area contributed by atoms with Crippen LogP contribution in [0, 0.1) is 13.8 Å². The average molecular weight is 281 g/mol. The van der Waals surface area contributed by atoms with Crippen LogP contribution in [0.15, 0.2) is 47.0 Å². The van der Waals surface area contributed by atoms with Gasteiger partial charge in [0.1, 0.15) is 5.69 Å². The molecule has 2 aromatic heterocycles. The van der Waals surface area contributed by atoms with Gasteiger partial charge in [-0.05, 0) is 37.1 Å². The van der Waals surface area contributed by atoms with E-state index in [2.05, 4.69) is 35.5 Å². The summed E-state index contributed by atoms with van der Waals surface area (Å²) in [5.41, 5.74) is 7.69. The van der Waals surface area contributed by atoms with Crippen LogP contribution in [0.5, 0.6) is 0 Å². The van der Waals surface area contributed by atoms with Gasteiger partial charge >= 0.3 is 0 Å². The van der Waals surface area contributed by atoms with Crippen molar-refractivity contribution >= 4 is 5.69 Å². The van der Waals surface area contributed by atoms with E-state index < -0.39 is 0 Å². The van der Waals surface area contributed by atoms with E-state index in [1.807, 2.05) is 42.9 Å². The predicted molar refractivity (Wildman–Crippen MR) is 84.2 cm³/mol. The molecule has 0 unspecified atom stereocenters. The molecule has 0 aliphatic rings. The molecule has 21 heavy (non-hydrogen) atoms. The largest absolute Gasteiger partial charge is 0.439 e. The maximum atomic E-state index is 5.72. The topological polar surface area (TPSA) is 43.0 Å². The molecule has 0 spiro atoms. The zero-order chi connectivity index (χ0) is 14.8. The molecule has 0 fully saturated rings. The van der Waals surface area contributed by atoms with E-state index >= 15 is 0 Å². The van der Waals surface area contributed by atoms with Gasteiger partial charge in [-0.25, -0.2) is 4.98 Å². The normalized spacial score (nSPS) is 10.8. The van der Waals surface area contributed by atoms with Crippen LogP contribution in [0.3, 0.4) is 0 Å². The lowest BCUT2D eigenvalue weighted by Gasteiger charge is -2.14. The van der Waals surface area contributed by atoms with Crippen LogP contribution < -0.4 is 5.43 Å². The minimum absolute atomic E-state index is 0.684. The van der Waals surface area contributed by atoms with Crippen molar-refractivity contribution in [1.82, 2.24) is 9.66 Å². The summed E-state index contributed by atoms with van der Waals surface area (Å²) in [5, 5.41) is 0. The van der Waals surface area contributed by atoms with E-state index in [1.165, 1.54) is 5.56 Å². The Hall–Kier alpha value is -2.49. The Morgan fingerprint density at radius 3 is 2.67 bits per heavy atom. The molecule has 108 valence electrons. The van der Waals surface area contributed by atoms with Crippen LogP contribution >= 0.6 is 0 Å². The third-order valence-electron chi connectivity index (χ3n) is 3.52. The molecular weight excluding hydrogens is 262 g/mol. The van der Waals surface area contributed by atoms with Crippen molar-refractivity contribution in [2.24, 2.45) is 0 Å². The number of hydrogen-bond donors (Lipinski definition) is 1. The lowest BCUT2D eigenvalue weighted by Crippen LogP contribution is -2.10. The lowest BCUT2D eigenvalue weighted by atomic mass is 10.1. The van der Waals surface area contributed by atoms with Crippen molar-refractivity contribution in [3.8, 4) is 11.5 Å².